The number of benzene rings is 1. The minimum atomic E-state index is 0.376. The van der Waals surface area contributed by atoms with Crippen LogP contribution in [-0.2, 0) is 0 Å². The second kappa shape index (κ2) is 8.44. The van der Waals surface area contributed by atoms with E-state index in [-0.39, 0.29) is 0 Å². The van der Waals surface area contributed by atoms with E-state index in [0.717, 1.165) is 31.7 Å². The molecule has 3 N–H and O–H groups in total. The quantitative estimate of drug-likeness (QED) is 0.715. The van der Waals surface area contributed by atoms with Crippen molar-refractivity contribution in [1.29, 1.82) is 5.26 Å². The summed E-state index contributed by atoms with van der Waals surface area (Å²) in [4.78, 5) is 2.43. The van der Waals surface area contributed by atoms with Crippen LogP contribution in [0.2, 0.25) is 0 Å². The molecule has 4 heteroatoms. The fourth-order valence-electron chi connectivity index (χ4n) is 2.26. The van der Waals surface area contributed by atoms with Crippen molar-refractivity contribution in [1.82, 2.24) is 4.90 Å². The average Bonchev–Trinajstić information content (AvgIpc) is 2.45. The van der Waals surface area contributed by atoms with Gasteiger partial charge >= 0.3 is 0 Å². The van der Waals surface area contributed by atoms with E-state index < -0.39 is 0 Å². The minimum absolute atomic E-state index is 0.376. The normalized spacial score (nSPS) is 12.2. The molecule has 0 saturated carbocycles. The fraction of sp³-hybridized carbons (Fsp3) is 0.562. The van der Waals surface area contributed by atoms with Gasteiger partial charge in [-0.05, 0) is 57.6 Å². The second-order valence-electron chi connectivity index (χ2n) is 5.13. The maximum Gasteiger partial charge on any atom is 0.0992 e. The summed E-state index contributed by atoms with van der Waals surface area (Å²) < 4.78 is 0. The molecule has 0 fully saturated rings. The third-order valence-corrected chi connectivity index (χ3v) is 3.59. The van der Waals surface area contributed by atoms with Crippen molar-refractivity contribution in [2.45, 2.75) is 39.7 Å². The Labute approximate surface area is 122 Å². The summed E-state index contributed by atoms with van der Waals surface area (Å²) >= 11 is 0. The van der Waals surface area contributed by atoms with E-state index in [0.29, 0.717) is 17.3 Å². The summed E-state index contributed by atoms with van der Waals surface area (Å²) in [5.41, 5.74) is 8.10. The van der Waals surface area contributed by atoms with Gasteiger partial charge in [-0.25, -0.2) is 0 Å². The Morgan fingerprint density at radius 3 is 2.60 bits per heavy atom. The van der Waals surface area contributed by atoms with Crippen molar-refractivity contribution < 1.29 is 0 Å². The first-order valence-corrected chi connectivity index (χ1v) is 7.39. The zero-order valence-corrected chi connectivity index (χ0v) is 12.8. The van der Waals surface area contributed by atoms with Gasteiger partial charge in [-0.3, -0.25) is 0 Å². The van der Waals surface area contributed by atoms with Crippen LogP contribution in [0.3, 0.4) is 0 Å². The van der Waals surface area contributed by atoms with Gasteiger partial charge in [0.1, 0.15) is 0 Å². The summed E-state index contributed by atoms with van der Waals surface area (Å²) in [7, 11) is 0. The number of hydrogen-bond donors (Lipinski definition) is 2. The summed E-state index contributed by atoms with van der Waals surface area (Å²) in [6.45, 7) is 9.93. The molecule has 1 atom stereocenters. The van der Waals surface area contributed by atoms with E-state index in [4.69, 9.17) is 11.0 Å². The molecule has 1 unspecified atom stereocenters. The van der Waals surface area contributed by atoms with Gasteiger partial charge in [0.05, 0.1) is 23.0 Å². The van der Waals surface area contributed by atoms with E-state index in [9.17, 15) is 0 Å². The monoisotopic (exact) mass is 274 g/mol. The molecule has 0 amide bonds. The lowest BCUT2D eigenvalue weighted by Crippen LogP contribution is -2.25. The SMILES string of the molecule is CCN(CC)CCCC(C)Nc1ccc(C#N)cc1N. The lowest BCUT2D eigenvalue weighted by Gasteiger charge is -2.20. The summed E-state index contributed by atoms with van der Waals surface area (Å²) in [5, 5.41) is 12.2. The third-order valence-electron chi connectivity index (χ3n) is 3.59. The summed E-state index contributed by atoms with van der Waals surface area (Å²) in [5.74, 6) is 0. The van der Waals surface area contributed by atoms with Crippen molar-refractivity contribution in [3.05, 3.63) is 23.8 Å². The van der Waals surface area contributed by atoms with Crippen LogP contribution in [0.5, 0.6) is 0 Å². The number of nitrogens with one attached hydrogen (secondary N) is 1. The zero-order valence-electron chi connectivity index (χ0n) is 12.8. The fourth-order valence-corrected chi connectivity index (χ4v) is 2.26. The van der Waals surface area contributed by atoms with E-state index in [2.05, 4.69) is 37.1 Å². The molecule has 0 aliphatic carbocycles. The van der Waals surface area contributed by atoms with Crippen molar-refractivity contribution in [2.24, 2.45) is 0 Å². The molecule has 1 aromatic carbocycles. The number of anilines is 2. The van der Waals surface area contributed by atoms with Gasteiger partial charge in [0, 0.05) is 6.04 Å². The van der Waals surface area contributed by atoms with E-state index in [1.165, 1.54) is 6.42 Å². The number of rotatable bonds is 8. The van der Waals surface area contributed by atoms with Gasteiger partial charge in [-0.15, -0.1) is 0 Å². The number of nitrogens with two attached hydrogens (primary N) is 1. The largest absolute Gasteiger partial charge is 0.397 e. The maximum absolute atomic E-state index is 8.82. The smallest absolute Gasteiger partial charge is 0.0992 e. The Bertz CT molecular complexity index is 446. The molecule has 4 nitrogen and oxygen atoms in total. The molecule has 0 bridgehead atoms. The predicted molar refractivity (Wildman–Crippen MR) is 85.7 cm³/mol. The van der Waals surface area contributed by atoms with Crippen molar-refractivity contribution in [3.63, 3.8) is 0 Å². The number of nitrogens with zero attached hydrogens (tertiary/aromatic N) is 2. The number of nitrogen functional groups attached to an aromatic ring is 1. The molecule has 110 valence electrons. The second-order valence-corrected chi connectivity index (χ2v) is 5.13. The first-order chi connectivity index (χ1) is 9.60. The molecular formula is C16H26N4. The molecule has 1 rings (SSSR count). The molecule has 0 aliphatic rings. The van der Waals surface area contributed by atoms with Crippen LogP contribution in [0.4, 0.5) is 11.4 Å². The van der Waals surface area contributed by atoms with Gasteiger partial charge in [0.2, 0.25) is 0 Å². The lowest BCUT2D eigenvalue weighted by atomic mass is 10.1. The standard InChI is InChI=1S/C16H26N4/c1-4-20(5-2)10-6-7-13(3)19-16-9-8-14(12-17)11-15(16)18/h8-9,11,13,19H,4-7,10,18H2,1-3H3. The highest BCUT2D eigenvalue weighted by molar-refractivity contribution is 5.68. The zero-order chi connectivity index (χ0) is 15.0. The van der Waals surface area contributed by atoms with E-state index >= 15 is 0 Å². The topological polar surface area (TPSA) is 65.1 Å². The highest BCUT2D eigenvalue weighted by Gasteiger charge is 2.06. The van der Waals surface area contributed by atoms with Gasteiger partial charge in [0.15, 0.2) is 0 Å². The first-order valence-electron chi connectivity index (χ1n) is 7.39. The molecule has 0 aromatic heterocycles. The Balaban J connectivity index is 2.43. The molecule has 0 aliphatic heterocycles. The van der Waals surface area contributed by atoms with Crippen LogP contribution < -0.4 is 11.1 Å². The Morgan fingerprint density at radius 1 is 1.35 bits per heavy atom. The molecule has 0 radical (unpaired) electrons. The highest BCUT2D eigenvalue weighted by atomic mass is 15.1. The average molecular weight is 274 g/mol. The van der Waals surface area contributed by atoms with Crippen molar-refractivity contribution >= 4 is 11.4 Å². The van der Waals surface area contributed by atoms with E-state index in [1.54, 1.807) is 12.1 Å². The highest BCUT2D eigenvalue weighted by Crippen LogP contribution is 2.21. The lowest BCUT2D eigenvalue weighted by molar-refractivity contribution is 0.295. The molecule has 0 heterocycles. The molecule has 20 heavy (non-hydrogen) atoms. The third kappa shape index (κ3) is 5.10. The van der Waals surface area contributed by atoms with Gasteiger partial charge < -0.3 is 16.0 Å². The number of nitriles is 1. The summed E-state index contributed by atoms with van der Waals surface area (Å²) in [6, 6.07) is 7.86. The molecule has 0 saturated heterocycles. The van der Waals surface area contributed by atoms with Crippen LogP contribution in [-0.4, -0.2) is 30.6 Å². The maximum atomic E-state index is 8.82. The van der Waals surface area contributed by atoms with Crippen LogP contribution in [0.1, 0.15) is 39.2 Å². The molecular weight excluding hydrogens is 248 g/mol. The van der Waals surface area contributed by atoms with Crippen LogP contribution >= 0.6 is 0 Å². The van der Waals surface area contributed by atoms with Crippen molar-refractivity contribution in [3.8, 4) is 6.07 Å². The Hall–Kier alpha value is -1.73. The van der Waals surface area contributed by atoms with Crippen molar-refractivity contribution in [2.75, 3.05) is 30.7 Å². The Morgan fingerprint density at radius 2 is 2.05 bits per heavy atom. The van der Waals surface area contributed by atoms with Crippen LogP contribution in [0.25, 0.3) is 0 Å². The summed E-state index contributed by atoms with van der Waals surface area (Å²) in [6.07, 6.45) is 2.28. The first kappa shape index (κ1) is 16.3. The molecule has 1 aromatic rings. The van der Waals surface area contributed by atoms with Crippen LogP contribution in [0, 0.1) is 11.3 Å². The Kier molecular flexibility index (Phi) is 6.89. The van der Waals surface area contributed by atoms with Gasteiger partial charge in [-0.2, -0.15) is 5.26 Å². The number of hydrogen-bond acceptors (Lipinski definition) is 4. The van der Waals surface area contributed by atoms with Crippen LogP contribution in [0.15, 0.2) is 18.2 Å². The molecule has 0 spiro atoms. The van der Waals surface area contributed by atoms with Gasteiger partial charge in [0.25, 0.3) is 0 Å². The minimum Gasteiger partial charge on any atom is -0.397 e. The van der Waals surface area contributed by atoms with Gasteiger partial charge in [-0.1, -0.05) is 13.8 Å². The van der Waals surface area contributed by atoms with E-state index in [1.807, 2.05) is 6.07 Å². The predicted octanol–water partition coefficient (Wildman–Crippen LogP) is 3.06.